The maximum Gasteiger partial charge on any atom is 0.166 e. The highest BCUT2D eigenvalue weighted by atomic mass is 79.9. The molecule has 2 rings (SSSR count). The van der Waals surface area contributed by atoms with Crippen molar-refractivity contribution in [2.75, 3.05) is 24.5 Å². The van der Waals surface area contributed by atoms with Gasteiger partial charge in [-0.3, -0.25) is 0 Å². The molecule has 0 amide bonds. The fourth-order valence-electron chi connectivity index (χ4n) is 2.42. The third-order valence-electron chi connectivity index (χ3n) is 3.24. The lowest BCUT2D eigenvalue weighted by Crippen LogP contribution is -2.47. The lowest BCUT2D eigenvalue weighted by molar-refractivity contribution is 0.424. The average molecular weight is 316 g/mol. The van der Waals surface area contributed by atoms with Gasteiger partial charge in [-0.05, 0) is 47.8 Å². The predicted octanol–water partition coefficient (Wildman–Crippen LogP) is 2.95. The van der Waals surface area contributed by atoms with Crippen LogP contribution < -0.4 is 10.2 Å². The van der Waals surface area contributed by atoms with Gasteiger partial charge in [0.2, 0.25) is 0 Å². The van der Waals surface area contributed by atoms with Gasteiger partial charge in [-0.15, -0.1) is 0 Å². The summed E-state index contributed by atoms with van der Waals surface area (Å²) < 4.78 is 14.7. The van der Waals surface area contributed by atoms with E-state index in [0.717, 1.165) is 38.9 Å². The molecule has 2 heterocycles. The Bertz CT molecular complexity index is 394. The van der Waals surface area contributed by atoms with Crippen LogP contribution in [0.1, 0.15) is 26.2 Å². The fourth-order valence-corrected chi connectivity index (χ4v) is 2.72. The zero-order valence-corrected chi connectivity index (χ0v) is 12.2. The summed E-state index contributed by atoms with van der Waals surface area (Å²) >= 11 is 3.25. The Balaban J connectivity index is 2.22. The van der Waals surface area contributed by atoms with Crippen molar-refractivity contribution < 1.29 is 4.39 Å². The second kappa shape index (κ2) is 6.48. The molecule has 5 heteroatoms. The second-order valence-electron chi connectivity index (χ2n) is 4.65. The number of nitrogens with one attached hydrogen (secondary N) is 1. The third kappa shape index (κ3) is 3.20. The summed E-state index contributed by atoms with van der Waals surface area (Å²) in [7, 11) is 0. The predicted molar refractivity (Wildman–Crippen MR) is 75.4 cm³/mol. The van der Waals surface area contributed by atoms with Gasteiger partial charge < -0.3 is 10.2 Å². The maximum absolute atomic E-state index is 14.0. The van der Waals surface area contributed by atoms with E-state index in [2.05, 4.69) is 38.1 Å². The molecule has 1 unspecified atom stereocenters. The molecule has 3 nitrogen and oxygen atoms in total. The van der Waals surface area contributed by atoms with Crippen LogP contribution in [-0.2, 0) is 0 Å². The van der Waals surface area contributed by atoms with Crippen molar-refractivity contribution >= 4 is 21.7 Å². The number of piperidine rings is 1. The lowest BCUT2D eigenvalue weighted by Gasteiger charge is -2.35. The number of pyridine rings is 1. The van der Waals surface area contributed by atoms with E-state index in [1.807, 2.05) is 0 Å². The standard InChI is InChI=1S/C13H19BrFN3/c1-2-6-18(11-4-3-5-16-9-11)13-12(15)7-10(14)8-17-13/h7-8,11,16H,2-6,9H2,1H3. The Kier molecular flexibility index (Phi) is 4.95. The molecule has 1 aromatic heterocycles. The fraction of sp³-hybridized carbons (Fsp3) is 0.615. The van der Waals surface area contributed by atoms with Gasteiger partial charge in [0.15, 0.2) is 11.6 Å². The van der Waals surface area contributed by atoms with Gasteiger partial charge in [-0.25, -0.2) is 9.37 Å². The van der Waals surface area contributed by atoms with Crippen molar-refractivity contribution in [2.24, 2.45) is 0 Å². The van der Waals surface area contributed by atoms with Crippen LogP contribution in [0, 0.1) is 5.82 Å². The number of nitrogens with zero attached hydrogens (tertiary/aromatic N) is 2. The van der Waals surface area contributed by atoms with E-state index >= 15 is 0 Å². The van der Waals surface area contributed by atoms with Gasteiger partial charge in [0.1, 0.15) is 0 Å². The van der Waals surface area contributed by atoms with E-state index in [9.17, 15) is 4.39 Å². The molecule has 1 atom stereocenters. The molecular formula is C13H19BrFN3. The minimum absolute atomic E-state index is 0.247. The van der Waals surface area contributed by atoms with Crippen molar-refractivity contribution in [2.45, 2.75) is 32.2 Å². The Morgan fingerprint density at radius 2 is 2.44 bits per heavy atom. The second-order valence-corrected chi connectivity index (χ2v) is 5.57. The van der Waals surface area contributed by atoms with Crippen LogP contribution in [0.5, 0.6) is 0 Å². The molecule has 0 spiro atoms. The molecule has 1 N–H and O–H groups in total. The average Bonchev–Trinajstić information content (AvgIpc) is 2.38. The molecule has 1 fully saturated rings. The third-order valence-corrected chi connectivity index (χ3v) is 3.67. The number of aromatic nitrogens is 1. The van der Waals surface area contributed by atoms with Crippen LogP contribution in [0.2, 0.25) is 0 Å². The topological polar surface area (TPSA) is 28.2 Å². The molecule has 1 saturated heterocycles. The Morgan fingerprint density at radius 1 is 1.61 bits per heavy atom. The highest BCUT2D eigenvalue weighted by Crippen LogP contribution is 2.24. The van der Waals surface area contributed by atoms with Gasteiger partial charge in [0, 0.05) is 29.8 Å². The van der Waals surface area contributed by atoms with Crippen LogP contribution in [0.3, 0.4) is 0 Å². The van der Waals surface area contributed by atoms with Crippen molar-refractivity contribution in [3.63, 3.8) is 0 Å². The van der Waals surface area contributed by atoms with Crippen LogP contribution in [0.4, 0.5) is 10.2 Å². The normalized spacial score (nSPS) is 19.8. The first-order valence-electron chi connectivity index (χ1n) is 6.50. The van der Waals surface area contributed by atoms with Gasteiger partial charge in [0.25, 0.3) is 0 Å². The quantitative estimate of drug-likeness (QED) is 0.926. The number of rotatable bonds is 4. The summed E-state index contributed by atoms with van der Waals surface area (Å²) in [5.74, 6) is 0.233. The molecule has 0 bridgehead atoms. The monoisotopic (exact) mass is 315 g/mol. The Labute approximate surface area is 116 Å². The Hall–Kier alpha value is -0.680. The number of hydrogen-bond acceptors (Lipinski definition) is 3. The van der Waals surface area contributed by atoms with Gasteiger partial charge in [0.05, 0.1) is 0 Å². The molecule has 0 aliphatic carbocycles. The summed E-state index contributed by atoms with van der Waals surface area (Å²) in [5.41, 5.74) is 0. The SMILES string of the molecule is CCCN(c1ncc(Br)cc1F)C1CCCNC1. The lowest BCUT2D eigenvalue weighted by atomic mass is 10.1. The molecule has 100 valence electrons. The Morgan fingerprint density at radius 3 is 3.06 bits per heavy atom. The molecule has 0 radical (unpaired) electrons. The van der Waals surface area contributed by atoms with Gasteiger partial charge in [-0.1, -0.05) is 6.92 Å². The molecule has 1 aliphatic heterocycles. The van der Waals surface area contributed by atoms with E-state index < -0.39 is 0 Å². The summed E-state index contributed by atoms with van der Waals surface area (Å²) in [5, 5.41) is 3.37. The first-order valence-corrected chi connectivity index (χ1v) is 7.30. The van der Waals surface area contributed by atoms with Crippen molar-refractivity contribution in [1.29, 1.82) is 0 Å². The molecular weight excluding hydrogens is 297 g/mol. The van der Waals surface area contributed by atoms with Gasteiger partial charge in [-0.2, -0.15) is 0 Å². The van der Waals surface area contributed by atoms with Crippen LogP contribution in [-0.4, -0.2) is 30.7 Å². The number of halogens is 2. The molecule has 1 aliphatic rings. The largest absolute Gasteiger partial charge is 0.350 e. The summed E-state index contributed by atoms with van der Waals surface area (Å²) in [4.78, 5) is 6.35. The van der Waals surface area contributed by atoms with E-state index in [1.165, 1.54) is 6.07 Å². The highest BCUT2D eigenvalue weighted by Gasteiger charge is 2.23. The number of hydrogen-bond donors (Lipinski definition) is 1. The zero-order chi connectivity index (χ0) is 13.0. The smallest absolute Gasteiger partial charge is 0.166 e. The minimum Gasteiger partial charge on any atom is -0.350 e. The van der Waals surface area contributed by atoms with E-state index in [4.69, 9.17) is 0 Å². The van der Waals surface area contributed by atoms with E-state index in [0.29, 0.717) is 16.3 Å². The highest BCUT2D eigenvalue weighted by molar-refractivity contribution is 9.10. The van der Waals surface area contributed by atoms with Crippen LogP contribution in [0.25, 0.3) is 0 Å². The first kappa shape index (κ1) is 13.7. The van der Waals surface area contributed by atoms with Crippen molar-refractivity contribution in [3.8, 4) is 0 Å². The first-order chi connectivity index (χ1) is 8.72. The summed E-state index contributed by atoms with van der Waals surface area (Å²) in [6, 6.07) is 1.84. The molecule has 0 saturated carbocycles. The molecule has 1 aromatic rings. The van der Waals surface area contributed by atoms with Crippen molar-refractivity contribution in [1.82, 2.24) is 10.3 Å². The molecule has 0 aromatic carbocycles. The summed E-state index contributed by atoms with van der Waals surface area (Å²) in [6.07, 6.45) is 4.90. The van der Waals surface area contributed by atoms with Gasteiger partial charge >= 0.3 is 0 Å². The maximum atomic E-state index is 14.0. The molecule has 18 heavy (non-hydrogen) atoms. The van der Waals surface area contributed by atoms with Crippen LogP contribution >= 0.6 is 15.9 Å². The minimum atomic E-state index is -0.247. The number of anilines is 1. The van der Waals surface area contributed by atoms with Crippen LogP contribution in [0.15, 0.2) is 16.7 Å². The van der Waals surface area contributed by atoms with E-state index in [1.54, 1.807) is 6.20 Å². The summed E-state index contributed by atoms with van der Waals surface area (Å²) in [6.45, 7) is 4.93. The van der Waals surface area contributed by atoms with E-state index in [-0.39, 0.29) is 5.82 Å². The van der Waals surface area contributed by atoms with Crippen molar-refractivity contribution in [3.05, 3.63) is 22.6 Å². The zero-order valence-electron chi connectivity index (χ0n) is 10.6.